The van der Waals surface area contributed by atoms with Crippen LogP contribution < -0.4 is 0 Å². The highest BCUT2D eigenvalue weighted by Crippen LogP contribution is 2.49. The van der Waals surface area contributed by atoms with Gasteiger partial charge in [0.1, 0.15) is 0 Å². The van der Waals surface area contributed by atoms with Gasteiger partial charge in [-0.15, -0.1) is 0 Å². The Morgan fingerprint density at radius 3 is 1.13 bits per heavy atom. The molecule has 0 aromatic carbocycles. The van der Waals surface area contributed by atoms with Crippen molar-refractivity contribution in [2.75, 3.05) is 26.4 Å². The second-order valence-corrected chi connectivity index (χ2v) is 5.45. The molecule has 0 heterocycles. The van der Waals surface area contributed by atoms with E-state index in [0.717, 1.165) is 0 Å². The number of halogens is 12. The van der Waals surface area contributed by atoms with E-state index in [1.165, 1.54) is 0 Å². The first-order chi connectivity index (χ1) is 13.9. The van der Waals surface area contributed by atoms with Gasteiger partial charge in [-0.25, -0.2) is 8.78 Å². The zero-order chi connectivity index (χ0) is 24.7. The van der Waals surface area contributed by atoms with Crippen LogP contribution in [0.25, 0.3) is 0 Å². The number of aliphatic hydroxyl groups excluding tert-OH is 2. The lowest BCUT2D eigenvalue weighted by Crippen LogP contribution is -2.60. The van der Waals surface area contributed by atoms with Crippen molar-refractivity contribution in [1.29, 1.82) is 0 Å². The molecule has 0 aromatic heterocycles. The molecule has 6 nitrogen and oxygen atoms in total. The van der Waals surface area contributed by atoms with Crippen molar-refractivity contribution in [2.45, 2.75) is 55.9 Å². The van der Waals surface area contributed by atoms with Gasteiger partial charge in [0.15, 0.2) is 0 Å². The number of rotatable bonds is 16. The first-order valence-corrected chi connectivity index (χ1v) is 7.90. The third kappa shape index (κ3) is 8.08. The fourth-order valence-corrected chi connectivity index (χ4v) is 1.39. The maximum atomic E-state index is 13.4. The molecule has 0 fully saturated rings. The molecule has 0 aliphatic carbocycles. The highest BCUT2D eigenvalue weighted by atomic mass is 19.4. The van der Waals surface area contributed by atoms with Crippen molar-refractivity contribution in [3.05, 3.63) is 0 Å². The minimum Gasteiger partial charge on any atom is -0.396 e. The third-order valence-electron chi connectivity index (χ3n) is 2.96. The molecule has 2 N–H and O–H groups in total. The van der Waals surface area contributed by atoms with E-state index >= 15 is 0 Å². The average Bonchev–Trinajstić information content (AvgIpc) is 2.60. The van der Waals surface area contributed by atoms with Crippen LogP contribution in [0, 0.1) is 0 Å². The van der Waals surface area contributed by atoms with Crippen LogP contribution in [0.5, 0.6) is 0 Å². The predicted octanol–water partition coefficient (Wildman–Crippen LogP) is 3.42. The number of hydrogen-bond donors (Lipinski definition) is 2. The quantitative estimate of drug-likeness (QED) is 0.252. The van der Waals surface area contributed by atoms with Crippen LogP contribution in [0.4, 0.5) is 52.7 Å². The van der Waals surface area contributed by atoms with Crippen molar-refractivity contribution in [3.63, 3.8) is 0 Å². The first kappa shape index (κ1) is 29.9. The van der Waals surface area contributed by atoms with Crippen LogP contribution in [0.2, 0.25) is 0 Å². The van der Waals surface area contributed by atoms with Crippen LogP contribution in [-0.2, 0) is 18.9 Å². The normalized spacial score (nSPS) is 16.5. The summed E-state index contributed by atoms with van der Waals surface area (Å²) in [7, 11) is 0. The fourth-order valence-electron chi connectivity index (χ4n) is 1.39. The van der Waals surface area contributed by atoms with Crippen molar-refractivity contribution in [2.24, 2.45) is 0 Å². The molecule has 0 amide bonds. The Labute approximate surface area is 165 Å². The van der Waals surface area contributed by atoms with Crippen LogP contribution in [-0.4, -0.2) is 79.7 Å². The second-order valence-electron chi connectivity index (χ2n) is 5.45. The zero-order valence-electron chi connectivity index (χ0n) is 15.0. The molecule has 0 rings (SSSR count). The Morgan fingerprint density at radius 1 is 0.581 bits per heavy atom. The molecule has 0 spiro atoms. The molecule has 0 saturated heterocycles. The van der Waals surface area contributed by atoms with Crippen molar-refractivity contribution in [3.8, 4) is 0 Å². The summed E-state index contributed by atoms with van der Waals surface area (Å²) in [5.74, 6) is -7.17. The second kappa shape index (κ2) is 11.2. The standard InChI is InChI=1S/C13H16F12O6/c14-7(9(16,17)28-5-1-3-26)30-12(22,23)11(20,21)13(24,25)31-8(15)10(18,19)29-6-2-4-27/h7-8,26-27H,1-6H2. The summed E-state index contributed by atoms with van der Waals surface area (Å²) in [6.45, 7) is -4.01. The molecule has 0 saturated carbocycles. The van der Waals surface area contributed by atoms with E-state index in [-0.39, 0.29) is 0 Å². The van der Waals surface area contributed by atoms with E-state index in [1.54, 1.807) is 0 Å². The van der Waals surface area contributed by atoms with Gasteiger partial charge in [-0.3, -0.25) is 9.47 Å². The first-order valence-electron chi connectivity index (χ1n) is 7.90. The molecule has 188 valence electrons. The molecule has 0 aliphatic rings. The molecule has 0 bridgehead atoms. The lowest BCUT2D eigenvalue weighted by atomic mass is 10.3. The van der Waals surface area contributed by atoms with Crippen molar-refractivity contribution in [1.82, 2.24) is 0 Å². The van der Waals surface area contributed by atoms with E-state index in [0.29, 0.717) is 0 Å². The number of ether oxygens (including phenoxy) is 4. The highest BCUT2D eigenvalue weighted by molar-refractivity contribution is 4.87. The minimum atomic E-state index is -7.17. The molecule has 18 heteroatoms. The van der Waals surface area contributed by atoms with Crippen LogP contribution in [0.1, 0.15) is 12.8 Å². The third-order valence-corrected chi connectivity index (χ3v) is 2.96. The smallest absolute Gasteiger partial charge is 0.396 e. The molecule has 0 radical (unpaired) electrons. The van der Waals surface area contributed by atoms with E-state index in [4.69, 9.17) is 10.2 Å². The van der Waals surface area contributed by atoms with E-state index in [9.17, 15) is 52.7 Å². The van der Waals surface area contributed by atoms with Crippen LogP contribution in [0.15, 0.2) is 0 Å². The molecule has 2 unspecified atom stereocenters. The Morgan fingerprint density at radius 2 is 0.871 bits per heavy atom. The van der Waals surface area contributed by atoms with Gasteiger partial charge in [0, 0.05) is 13.2 Å². The molecule has 0 aromatic rings. The number of alkyl halides is 12. The highest BCUT2D eigenvalue weighted by Gasteiger charge is 2.77. The maximum Gasteiger partial charge on any atom is 0.431 e. The van der Waals surface area contributed by atoms with Gasteiger partial charge in [-0.2, -0.15) is 43.9 Å². The van der Waals surface area contributed by atoms with Crippen molar-refractivity contribution >= 4 is 0 Å². The van der Waals surface area contributed by atoms with Gasteiger partial charge in [-0.05, 0) is 12.8 Å². The summed E-state index contributed by atoms with van der Waals surface area (Å²) in [5, 5.41) is 16.6. The average molecular weight is 496 g/mol. The molecular formula is C13H16F12O6. The molecule has 2 atom stereocenters. The molecule has 31 heavy (non-hydrogen) atoms. The summed E-state index contributed by atoms with van der Waals surface area (Å²) in [4.78, 5) is 0. The Hall–Kier alpha value is -1.08. The van der Waals surface area contributed by atoms with Gasteiger partial charge < -0.3 is 19.7 Å². The fraction of sp³-hybridized carbons (Fsp3) is 1.00. The largest absolute Gasteiger partial charge is 0.431 e. The summed E-state index contributed by atoms with van der Waals surface area (Å²) in [6.07, 6.45) is -35.3. The summed E-state index contributed by atoms with van der Waals surface area (Å²) >= 11 is 0. The van der Waals surface area contributed by atoms with Gasteiger partial charge in [0.05, 0.1) is 13.2 Å². The molecule has 0 aliphatic heterocycles. The van der Waals surface area contributed by atoms with Gasteiger partial charge in [0.25, 0.3) is 12.7 Å². The SMILES string of the molecule is OCCCOC(F)(F)C(F)OC(F)(F)C(F)(F)C(F)(F)OC(F)C(F)(F)OCCCO. The Balaban J connectivity index is 5.35. The summed E-state index contributed by atoms with van der Waals surface area (Å²) < 4.78 is 170. The summed E-state index contributed by atoms with van der Waals surface area (Å²) in [5.41, 5.74) is 0. The van der Waals surface area contributed by atoms with Crippen LogP contribution in [0.3, 0.4) is 0 Å². The maximum absolute atomic E-state index is 13.4. The Kier molecular flexibility index (Phi) is 10.8. The topological polar surface area (TPSA) is 77.4 Å². The van der Waals surface area contributed by atoms with Gasteiger partial charge >= 0.3 is 30.4 Å². The van der Waals surface area contributed by atoms with E-state index in [2.05, 4.69) is 18.9 Å². The van der Waals surface area contributed by atoms with Gasteiger partial charge in [-0.1, -0.05) is 0 Å². The Bertz CT molecular complexity index is 491. The lowest BCUT2D eigenvalue weighted by molar-refractivity contribution is -0.499. The zero-order valence-corrected chi connectivity index (χ0v) is 15.0. The number of hydrogen-bond acceptors (Lipinski definition) is 6. The monoisotopic (exact) mass is 496 g/mol. The minimum absolute atomic E-state index is 0.604. The van der Waals surface area contributed by atoms with Crippen LogP contribution >= 0.6 is 0 Å². The lowest BCUT2D eigenvalue weighted by Gasteiger charge is -2.34. The molecular weight excluding hydrogens is 480 g/mol. The van der Waals surface area contributed by atoms with E-state index < -0.39 is 82.3 Å². The van der Waals surface area contributed by atoms with E-state index in [1.807, 2.05) is 0 Å². The summed E-state index contributed by atoms with van der Waals surface area (Å²) in [6, 6.07) is 0. The number of aliphatic hydroxyl groups is 2. The van der Waals surface area contributed by atoms with Crippen molar-refractivity contribution < 1.29 is 81.8 Å². The predicted molar refractivity (Wildman–Crippen MR) is 72.0 cm³/mol. The van der Waals surface area contributed by atoms with Gasteiger partial charge in [0.2, 0.25) is 0 Å².